The molecule has 5 rings (SSSR count). The number of fused-ring (bicyclic) bond motifs is 1. The average Bonchev–Trinajstić information content (AvgIpc) is 3.19. The number of anilines is 1. The predicted octanol–water partition coefficient (Wildman–Crippen LogP) is 6.08. The van der Waals surface area contributed by atoms with E-state index in [4.69, 9.17) is 4.98 Å². The second kappa shape index (κ2) is 8.52. The summed E-state index contributed by atoms with van der Waals surface area (Å²) in [5, 5.41) is 3.21. The van der Waals surface area contributed by atoms with E-state index in [-0.39, 0.29) is 5.91 Å². The summed E-state index contributed by atoms with van der Waals surface area (Å²) < 4.78 is 1.93. The van der Waals surface area contributed by atoms with Gasteiger partial charge in [0.15, 0.2) is 0 Å². The van der Waals surface area contributed by atoms with Gasteiger partial charge in [0.1, 0.15) is 17.2 Å². The lowest BCUT2D eigenvalue weighted by Crippen LogP contribution is -2.23. The number of nitrogens with one attached hydrogen (secondary N) is 1. The van der Waals surface area contributed by atoms with Crippen LogP contribution in [0.5, 0.6) is 0 Å². The number of amides is 1. The summed E-state index contributed by atoms with van der Waals surface area (Å²) in [5.74, 6) is 0.144. The first-order chi connectivity index (χ1) is 15.7. The van der Waals surface area contributed by atoms with Crippen molar-refractivity contribution in [1.29, 1.82) is 0 Å². The summed E-state index contributed by atoms with van der Waals surface area (Å²) >= 11 is 0. The van der Waals surface area contributed by atoms with Crippen LogP contribution in [0.3, 0.4) is 0 Å². The Morgan fingerprint density at radius 1 is 0.781 bits per heavy atom. The number of hydrogen-bond acceptors (Lipinski definition) is 2. The third-order valence-electron chi connectivity index (χ3n) is 5.62. The largest absolute Gasteiger partial charge is 0.309 e. The molecule has 0 spiro atoms. The van der Waals surface area contributed by atoms with Gasteiger partial charge < -0.3 is 5.32 Å². The Bertz CT molecular complexity index is 1320. The number of benzene rings is 3. The lowest BCUT2D eigenvalue weighted by atomic mass is 9.90. The van der Waals surface area contributed by atoms with Crippen LogP contribution in [0, 0.1) is 6.92 Å². The summed E-state index contributed by atoms with van der Waals surface area (Å²) in [5.41, 5.74) is 5.57. The van der Waals surface area contributed by atoms with E-state index in [1.54, 1.807) is 0 Å². The van der Waals surface area contributed by atoms with Gasteiger partial charge in [-0.1, -0.05) is 96.6 Å². The van der Waals surface area contributed by atoms with Crippen LogP contribution in [-0.2, 0) is 4.79 Å². The quantitative estimate of drug-likeness (QED) is 0.377. The summed E-state index contributed by atoms with van der Waals surface area (Å²) in [6.45, 7) is 2.06. The molecule has 0 aliphatic rings. The SMILES string of the molecule is Cc1ccc(-c2nc3ccccn3c2NC(=O)C(c2ccccc2)c2ccccc2)cc1. The van der Waals surface area contributed by atoms with E-state index in [1.165, 1.54) is 5.56 Å². The molecule has 2 heterocycles. The van der Waals surface area contributed by atoms with Crippen LogP contribution in [0.2, 0.25) is 0 Å². The van der Waals surface area contributed by atoms with Crippen molar-refractivity contribution in [2.45, 2.75) is 12.8 Å². The van der Waals surface area contributed by atoms with Gasteiger partial charge in [0.05, 0.1) is 5.92 Å². The number of nitrogens with zero attached hydrogens (tertiary/aromatic N) is 2. The van der Waals surface area contributed by atoms with Gasteiger partial charge in [0.25, 0.3) is 0 Å². The van der Waals surface area contributed by atoms with Crippen molar-refractivity contribution < 1.29 is 4.79 Å². The van der Waals surface area contributed by atoms with Gasteiger partial charge in [-0.05, 0) is 30.2 Å². The third-order valence-corrected chi connectivity index (χ3v) is 5.62. The predicted molar refractivity (Wildman–Crippen MR) is 129 cm³/mol. The van der Waals surface area contributed by atoms with Gasteiger partial charge in [-0.15, -0.1) is 0 Å². The first-order valence-electron chi connectivity index (χ1n) is 10.7. The summed E-state index contributed by atoms with van der Waals surface area (Å²) in [6, 6.07) is 33.8. The van der Waals surface area contributed by atoms with Crippen LogP contribution in [0.4, 0.5) is 5.82 Å². The fraction of sp³-hybridized carbons (Fsp3) is 0.0714. The van der Waals surface area contributed by atoms with E-state index < -0.39 is 5.92 Å². The zero-order valence-electron chi connectivity index (χ0n) is 17.8. The Balaban J connectivity index is 1.60. The summed E-state index contributed by atoms with van der Waals surface area (Å²) in [6.07, 6.45) is 1.93. The van der Waals surface area contributed by atoms with E-state index >= 15 is 0 Å². The number of carbonyl (C=O) groups is 1. The molecular weight excluding hydrogens is 394 g/mol. The standard InChI is InChI=1S/C28H23N3O/c1-20-15-17-23(18-16-20)26-27(31-19-9-8-14-24(31)29-26)30-28(32)25(21-10-4-2-5-11-21)22-12-6-3-7-13-22/h2-19,25H,1H3,(H,30,32). The van der Waals surface area contributed by atoms with Crippen molar-refractivity contribution in [3.63, 3.8) is 0 Å². The maximum absolute atomic E-state index is 13.7. The number of pyridine rings is 1. The molecule has 5 aromatic rings. The molecule has 156 valence electrons. The molecular formula is C28H23N3O. The highest BCUT2D eigenvalue weighted by Crippen LogP contribution is 2.32. The number of imidazole rings is 1. The molecule has 0 aliphatic heterocycles. The minimum absolute atomic E-state index is 0.0959. The number of rotatable bonds is 5. The number of aryl methyl sites for hydroxylation is 1. The van der Waals surface area contributed by atoms with Crippen LogP contribution in [0.15, 0.2) is 109 Å². The lowest BCUT2D eigenvalue weighted by molar-refractivity contribution is -0.116. The summed E-state index contributed by atoms with van der Waals surface area (Å²) in [4.78, 5) is 18.6. The lowest BCUT2D eigenvalue weighted by Gasteiger charge is -2.18. The maximum Gasteiger partial charge on any atom is 0.237 e. The van der Waals surface area contributed by atoms with Gasteiger partial charge in [-0.25, -0.2) is 4.98 Å². The molecule has 1 N–H and O–H groups in total. The molecule has 0 unspecified atom stereocenters. The third kappa shape index (κ3) is 3.79. The van der Waals surface area contributed by atoms with Crippen LogP contribution in [0.1, 0.15) is 22.6 Å². The van der Waals surface area contributed by atoms with Crippen molar-refractivity contribution in [3.05, 3.63) is 126 Å². The van der Waals surface area contributed by atoms with Crippen LogP contribution >= 0.6 is 0 Å². The molecule has 0 atom stereocenters. The maximum atomic E-state index is 13.7. The van der Waals surface area contributed by atoms with Crippen LogP contribution in [-0.4, -0.2) is 15.3 Å². The molecule has 0 saturated heterocycles. The first kappa shape index (κ1) is 19.8. The van der Waals surface area contributed by atoms with Gasteiger partial charge in [-0.2, -0.15) is 0 Å². The molecule has 0 saturated carbocycles. The zero-order valence-corrected chi connectivity index (χ0v) is 17.8. The number of aromatic nitrogens is 2. The highest BCUT2D eigenvalue weighted by molar-refractivity contribution is 6.00. The van der Waals surface area contributed by atoms with Crippen molar-refractivity contribution in [3.8, 4) is 11.3 Å². The molecule has 3 aromatic carbocycles. The number of carbonyl (C=O) groups excluding carboxylic acids is 1. The number of hydrogen-bond donors (Lipinski definition) is 1. The van der Waals surface area contributed by atoms with Gasteiger partial charge in [-0.3, -0.25) is 9.20 Å². The average molecular weight is 418 g/mol. The van der Waals surface area contributed by atoms with Crippen molar-refractivity contribution in [2.75, 3.05) is 5.32 Å². The van der Waals surface area contributed by atoms with E-state index in [9.17, 15) is 4.79 Å². The summed E-state index contributed by atoms with van der Waals surface area (Å²) in [7, 11) is 0. The van der Waals surface area contributed by atoms with Gasteiger partial charge in [0.2, 0.25) is 5.91 Å². The fourth-order valence-corrected chi connectivity index (χ4v) is 4.00. The van der Waals surface area contributed by atoms with E-state index in [1.807, 2.05) is 102 Å². The molecule has 0 radical (unpaired) electrons. The van der Waals surface area contributed by atoms with Crippen molar-refractivity contribution in [2.24, 2.45) is 0 Å². The van der Waals surface area contributed by atoms with Crippen LogP contribution in [0.25, 0.3) is 16.9 Å². The van der Waals surface area contributed by atoms with Crippen LogP contribution < -0.4 is 5.32 Å². The first-order valence-corrected chi connectivity index (χ1v) is 10.7. The second-order valence-electron chi connectivity index (χ2n) is 7.85. The Hall–Kier alpha value is -4.18. The Morgan fingerprint density at radius 2 is 1.38 bits per heavy atom. The Kier molecular flexibility index (Phi) is 5.26. The highest BCUT2D eigenvalue weighted by Gasteiger charge is 2.25. The van der Waals surface area contributed by atoms with Gasteiger partial charge in [0, 0.05) is 11.8 Å². The molecule has 0 fully saturated rings. The fourth-order valence-electron chi connectivity index (χ4n) is 4.00. The van der Waals surface area contributed by atoms with Crippen molar-refractivity contribution >= 4 is 17.4 Å². The molecule has 0 aliphatic carbocycles. The zero-order chi connectivity index (χ0) is 21.9. The monoisotopic (exact) mass is 417 g/mol. The molecule has 4 nitrogen and oxygen atoms in total. The second-order valence-corrected chi connectivity index (χ2v) is 7.85. The van der Waals surface area contributed by atoms with E-state index in [0.29, 0.717) is 5.82 Å². The van der Waals surface area contributed by atoms with Crippen molar-refractivity contribution in [1.82, 2.24) is 9.38 Å². The minimum atomic E-state index is -0.433. The van der Waals surface area contributed by atoms with E-state index in [2.05, 4.69) is 24.4 Å². The molecule has 0 bridgehead atoms. The normalized spacial score (nSPS) is 11.1. The Labute approximate surface area is 187 Å². The molecule has 32 heavy (non-hydrogen) atoms. The topological polar surface area (TPSA) is 46.4 Å². The minimum Gasteiger partial charge on any atom is -0.309 e. The molecule has 2 aromatic heterocycles. The Morgan fingerprint density at radius 3 is 2.00 bits per heavy atom. The molecule has 1 amide bonds. The highest BCUT2D eigenvalue weighted by atomic mass is 16.2. The smallest absolute Gasteiger partial charge is 0.237 e. The van der Waals surface area contributed by atoms with E-state index in [0.717, 1.165) is 28.0 Å². The van der Waals surface area contributed by atoms with Gasteiger partial charge >= 0.3 is 0 Å². The molecule has 4 heteroatoms.